The summed E-state index contributed by atoms with van der Waals surface area (Å²) in [7, 11) is -6.28. The lowest BCUT2D eigenvalue weighted by molar-refractivity contribution is -0.171. The fourth-order valence-electron chi connectivity index (χ4n) is 5.82. The van der Waals surface area contributed by atoms with Crippen molar-refractivity contribution in [2.75, 3.05) is 6.61 Å². The minimum atomic E-state index is -4.18. The van der Waals surface area contributed by atoms with Crippen LogP contribution in [0.1, 0.15) is 71.9 Å². The van der Waals surface area contributed by atoms with Crippen LogP contribution in [0.3, 0.4) is 0 Å². The van der Waals surface area contributed by atoms with Crippen LogP contribution in [-0.2, 0) is 35.3 Å². The van der Waals surface area contributed by atoms with E-state index in [0.717, 1.165) is 16.7 Å². The molecule has 7 nitrogen and oxygen atoms in total. The van der Waals surface area contributed by atoms with Crippen LogP contribution < -0.4 is 0 Å². The maximum Gasteiger partial charge on any atom is 0.326 e. The first-order chi connectivity index (χ1) is 19.8. The van der Waals surface area contributed by atoms with Gasteiger partial charge in [0.05, 0.1) is 17.1 Å². The molecule has 0 bridgehead atoms. The molecule has 1 unspecified atom stereocenters. The van der Waals surface area contributed by atoms with Gasteiger partial charge in [-0.15, -0.1) is 0 Å². The highest BCUT2D eigenvalue weighted by molar-refractivity contribution is 7.89. The van der Waals surface area contributed by atoms with Gasteiger partial charge in [0.15, 0.2) is 19.5 Å². The maximum atomic E-state index is 14.5. The van der Waals surface area contributed by atoms with E-state index in [-0.39, 0.29) is 34.4 Å². The van der Waals surface area contributed by atoms with Crippen LogP contribution in [-0.4, -0.2) is 45.0 Å². The molecule has 2 aliphatic carbocycles. The van der Waals surface area contributed by atoms with Crippen molar-refractivity contribution < 1.29 is 27.2 Å². The summed E-state index contributed by atoms with van der Waals surface area (Å²) in [5, 5.41) is 0.00153. The number of hydrogen-bond donors (Lipinski definition) is 0. The Kier molecular flexibility index (Phi) is 8.97. The number of benzene rings is 2. The zero-order chi connectivity index (χ0) is 32.0. The number of rotatable bonds is 10. The van der Waals surface area contributed by atoms with E-state index in [2.05, 4.69) is 33.9 Å². The molecule has 0 saturated heterocycles. The molecule has 0 spiro atoms. The summed E-state index contributed by atoms with van der Waals surface area (Å²) in [4.78, 5) is 28.1. The van der Waals surface area contributed by atoms with Gasteiger partial charge in [0, 0.05) is 18.9 Å². The van der Waals surface area contributed by atoms with E-state index < -0.39 is 41.2 Å². The van der Waals surface area contributed by atoms with Crippen molar-refractivity contribution in [3.05, 3.63) is 77.0 Å². The van der Waals surface area contributed by atoms with Crippen LogP contribution in [0, 0.1) is 18.3 Å². The molecule has 2 atom stereocenters. The zero-order valence-electron chi connectivity index (χ0n) is 27.1. The number of ketones is 1. The van der Waals surface area contributed by atoms with E-state index in [1.54, 1.807) is 45.0 Å². The number of carbonyl (C=O) groups excluding carboxylic acids is 2. The van der Waals surface area contributed by atoms with Gasteiger partial charge in [-0.25, -0.2) is 8.42 Å². The number of carbonyl (C=O) groups is 2. The largest absolute Gasteiger partial charge is 0.459 e. The Morgan fingerprint density at radius 2 is 1.60 bits per heavy atom. The first kappa shape index (κ1) is 33.1. The van der Waals surface area contributed by atoms with Crippen LogP contribution >= 0.6 is 0 Å². The predicted octanol–water partition coefficient (Wildman–Crippen LogP) is 7.17. The predicted molar refractivity (Wildman–Crippen MR) is 171 cm³/mol. The van der Waals surface area contributed by atoms with E-state index in [1.165, 1.54) is 4.31 Å². The van der Waals surface area contributed by atoms with E-state index in [4.69, 9.17) is 9.16 Å². The Morgan fingerprint density at radius 3 is 2.16 bits per heavy atom. The van der Waals surface area contributed by atoms with Crippen molar-refractivity contribution in [3.8, 4) is 0 Å². The van der Waals surface area contributed by atoms with Crippen LogP contribution in [0.4, 0.5) is 0 Å². The number of fused-ring (bicyclic) bond motifs is 1. The van der Waals surface area contributed by atoms with E-state index in [9.17, 15) is 18.0 Å². The standard InChI is InChI=1S/C34H47NO6SSi/c1-24-15-17-26(18-16-24)42(38,39)35(23-25-13-11-10-12-14-25)30-27(21-22-40-43(8,9)33(5,6)7)28-19-20-29(36)34(28,30)31(37)41-32(2,3)4/h10-18,28H,19-23H2,1-9H3/t28?,34-/m0/s1. The lowest BCUT2D eigenvalue weighted by Gasteiger charge is -2.50. The van der Waals surface area contributed by atoms with E-state index in [0.29, 0.717) is 19.4 Å². The molecule has 1 saturated carbocycles. The van der Waals surface area contributed by atoms with Crippen molar-refractivity contribution in [1.29, 1.82) is 0 Å². The zero-order valence-corrected chi connectivity index (χ0v) is 28.9. The molecule has 0 amide bonds. The summed E-state index contributed by atoms with van der Waals surface area (Å²) in [6.07, 6.45) is 1.09. The van der Waals surface area contributed by atoms with Crippen molar-refractivity contribution >= 4 is 30.1 Å². The second kappa shape index (κ2) is 11.6. The lowest BCUT2D eigenvalue weighted by Crippen LogP contribution is -2.58. The number of aryl methyl sites for hydroxylation is 1. The Balaban J connectivity index is 1.91. The minimum absolute atomic E-state index is 0.00153. The second-order valence-electron chi connectivity index (χ2n) is 14.4. The normalized spacial score (nSPS) is 21.0. The Labute approximate surface area is 258 Å². The molecular weight excluding hydrogens is 579 g/mol. The summed E-state index contributed by atoms with van der Waals surface area (Å²) in [5.41, 5.74) is 0.184. The monoisotopic (exact) mass is 625 g/mol. The molecule has 1 fully saturated rings. The molecule has 43 heavy (non-hydrogen) atoms. The highest BCUT2D eigenvalue weighted by Gasteiger charge is 2.70. The average molecular weight is 626 g/mol. The summed E-state index contributed by atoms with van der Waals surface area (Å²) in [6, 6.07) is 15.9. The lowest BCUT2D eigenvalue weighted by atomic mass is 9.59. The molecule has 234 valence electrons. The summed E-state index contributed by atoms with van der Waals surface area (Å²) < 4.78 is 42.8. The number of hydrogen-bond acceptors (Lipinski definition) is 6. The van der Waals surface area contributed by atoms with Gasteiger partial charge < -0.3 is 9.16 Å². The summed E-state index contributed by atoms with van der Waals surface area (Å²) >= 11 is 0. The fourth-order valence-corrected chi connectivity index (χ4v) is 8.42. The molecule has 0 heterocycles. The molecule has 2 aliphatic rings. The highest BCUT2D eigenvalue weighted by Crippen LogP contribution is 2.63. The van der Waals surface area contributed by atoms with Crippen molar-refractivity contribution in [2.45, 2.75) is 103 Å². The molecule has 2 aromatic carbocycles. The highest BCUT2D eigenvalue weighted by atomic mass is 32.2. The molecule has 0 aliphatic heterocycles. The summed E-state index contributed by atoms with van der Waals surface area (Å²) in [5.74, 6) is -1.39. The van der Waals surface area contributed by atoms with Gasteiger partial charge in [-0.2, -0.15) is 0 Å². The summed E-state index contributed by atoms with van der Waals surface area (Å²) in [6.45, 7) is 18.4. The fraction of sp³-hybridized carbons (Fsp3) is 0.529. The van der Waals surface area contributed by atoms with Gasteiger partial charge in [-0.1, -0.05) is 68.8 Å². The first-order valence-corrected chi connectivity index (χ1v) is 19.4. The van der Waals surface area contributed by atoms with Crippen LogP contribution in [0.25, 0.3) is 0 Å². The number of sulfonamides is 1. The maximum absolute atomic E-state index is 14.5. The van der Waals surface area contributed by atoms with Gasteiger partial charge >= 0.3 is 5.97 Å². The number of nitrogens with zero attached hydrogens (tertiary/aromatic N) is 1. The van der Waals surface area contributed by atoms with Crippen molar-refractivity contribution in [1.82, 2.24) is 4.31 Å². The average Bonchev–Trinajstić information content (AvgIpc) is 3.17. The third kappa shape index (κ3) is 6.26. The Bertz CT molecular complexity index is 1500. The van der Waals surface area contributed by atoms with Gasteiger partial charge in [-0.05, 0) is 81.9 Å². The Morgan fingerprint density at radius 1 is 1.00 bits per heavy atom. The molecule has 0 N–H and O–H groups in total. The third-order valence-corrected chi connectivity index (χ3v) is 15.4. The molecular formula is C34H47NO6SSi. The topological polar surface area (TPSA) is 90.0 Å². The minimum Gasteiger partial charge on any atom is -0.459 e. The number of Topliss-reactive ketones (excluding diaryl/α,β-unsaturated/α-hetero) is 1. The second-order valence-corrected chi connectivity index (χ2v) is 21.0. The van der Waals surface area contributed by atoms with Crippen molar-refractivity contribution in [2.24, 2.45) is 11.3 Å². The third-order valence-electron chi connectivity index (χ3n) is 9.11. The number of ether oxygens (including phenoxy) is 1. The molecule has 0 aromatic heterocycles. The van der Waals surface area contributed by atoms with Gasteiger partial charge in [0.25, 0.3) is 10.0 Å². The SMILES string of the molecule is Cc1ccc(S(=O)(=O)N(Cc2ccccc2)C2=C(CCO[Si](C)(C)C(C)(C)C)C3CCC(=O)[C@]23C(=O)OC(C)(C)C)cc1. The van der Waals surface area contributed by atoms with Crippen LogP contribution in [0.15, 0.2) is 70.8 Å². The quantitative estimate of drug-likeness (QED) is 0.158. The van der Waals surface area contributed by atoms with Crippen molar-refractivity contribution in [3.63, 3.8) is 0 Å². The Hall–Kier alpha value is -2.75. The number of esters is 1. The van der Waals surface area contributed by atoms with E-state index in [1.807, 2.05) is 37.3 Å². The van der Waals surface area contributed by atoms with Crippen LogP contribution in [0.2, 0.25) is 18.1 Å². The van der Waals surface area contributed by atoms with Gasteiger partial charge in [0.1, 0.15) is 5.60 Å². The van der Waals surface area contributed by atoms with Gasteiger partial charge in [0.2, 0.25) is 0 Å². The molecule has 0 radical (unpaired) electrons. The smallest absolute Gasteiger partial charge is 0.326 e. The molecule has 9 heteroatoms. The molecule has 4 rings (SSSR count). The van der Waals surface area contributed by atoms with Gasteiger partial charge in [-0.3, -0.25) is 13.9 Å². The van der Waals surface area contributed by atoms with E-state index >= 15 is 0 Å². The molecule has 2 aromatic rings. The first-order valence-electron chi connectivity index (χ1n) is 15.1. The van der Waals surface area contributed by atoms with Crippen LogP contribution in [0.5, 0.6) is 0 Å².